The molecule has 2 rings (SSSR count). The third-order valence-electron chi connectivity index (χ3n) is 3.12. The Bertz CT molecular complexity index is 364. The summed E-state index contributed by atoms with van der Waals surface area (Å²) in [6, 6.07) is 10.1. The van der Waals surface area contributed by atoms with Crippen molar-refractivity contribution in [3.8, 4) is 0 Å². The average Bonchev–Trinajstić information content (AvgIpc) is 2.37. The van der Waals surface area contributed by atoms with Crippen molar-refractivity contribution in [2.24, 2.45) is 0 Å². The maximum atomic E-state index is 11.8. The van der Waals surface area contributed by atoms with Crippen molar-refractivity contribution in [2.45, 2.75) is 44.9 Å². The molecule has 1 aliphatic heterocycles. The molecule has 1 fully saturated rings. The van der Waals surface area contributed by atoms with Crippen LogP contribution >= 0.6 is 0 Å². The molecule has 1 heterocycles. The van der Waals surface area contributed by atoms with Gasteiger partial charge in [-0.15, -0.1) is 0 Å². The first kappa shape index (κ1) is 12.1. The molecule has 0 bridgehead atoms. The van der Waals surface area contributed by atoms with Crippen LogP contribution in [0.3, 0.4) is 0 Å². The molecule has 92 valence electrons. The van der Waals surface area contributed by atoms with Crippen molar-refractivity contribution in [1.82, 2.24) is 5.32 Å². The summed E-state index contributed by atoms with van der Waals surface area (Å²) in [6.07, 6.45) is 3.12. The molecule has 1 saturated heterocycles. The monoisotopic (exact) mass is 233 g/mol. The van der Waals surface area contributed by atoms with E-state index in [-0.39, 0.29) is 12.0 Å². The number of carbonyl (C=O) groups excluding carboxylic acids is 1. The molecule has 3 heteroatoms. The summed E-state index contributed by atoms with van der Waals surface area (Å²) in [7, 11) is 0. The Morgan fingerprint density at radius 2 is 2.12 bits per heavy atom. The fourth-order valence-electron chi connectivity index (χ4n) is 2.15. The Kier molecular flexibility index (Phi) is 4.15. The summed E-state index contributed by atoms with van der Waals surface area (Å²) in [6.45, 7) is 2.48. The second kappa shape index (κ2) is 5.82. The molecule has 1 aromatic rings. The van der Waals surface area contributed by atoms with E-state index in [1.807, 2.05) is 30.3 Å². The molecule has 0 aromatic heterocycles. The third kappa shape index (κ3) is 3.56. The van der Waals surface area contributed by atoms with Crippen molar-refractivity contribution < 1.29 is 9.53 Å². The Labute approximate surface area is 102 Å². The maximum Gasteiger partial charge on any atom is 0.323 e. The normalized spacial score (nSPS) is 24.3. The Morgan fingerprint density at radius 3 is 2.82 bits per heavy atom. The summed E-state index contributed by atoms with van der Waals surface area (Å²) in [4.78, 5) is 11.8. The summed E-state index contributed by atoms with van der Waals surface area (Å²) in [5, 5.41) is 3.28. The number of ether oxygens (including phenoxy) is 1. The van der Waals surface area contributed by atoms with E-state index in [1.165, 1.54) is 0 Å². The summed E-state index contributed by atoms with van der Waals surface area (Å²) in [5.41, 5.74) is 1.03. The van der Waals surface area contributed by atoms with Crippen LogP contribution in [0.1, 0.15) is 31.7 Å². The zero-order valence-electron chi connectivity index (χ0n) is 10.2. The lowest BCUT2D eigenvalue weighted by atomic mass is 10.00. The highest BCUT2D eigenvalue weighted by Gasteiger charge is 2.25. The van der Waals surface area contributed by atoms with Gasteiger partial charge >= 0.3 is 5.97 Å². The quantitative estimate of drug-likeness (QED) is 0.814. The van der Waals surface area contributed by atoms with Crippen LogP contribution in [0, 0.1) is 0 Å². The number of nitrogens with one attached hydrogen (secondary N) is 1. The van der Waals surface area contributed by atoms with Crippen molar-refractivity contribution in [1.29, 1.82) is 0 Å². The fourth-order valence-corrected chi connectivity index (χ4v) is 2.15. The molecule has 0 unspecified atom stereocenters. The van der Waals surface area contributed by atoms with Crippen molar-refractivity contribution in [3.05, 3.63) is 35.9 Å². The second-order valence-corrected chi connectivity index (χ2v) is 4.64. The zero-order valence-corrected chi connectivity index (χ0v) is 10.2. The van der Waals surface area contributed by atoms with E-state index in [0.29, 0.717) is 12.6 Å². The minimum absolute atomic E-state index is 0.123. The van der Waals surface area contributed by atoms with Gasteiger partial charge in [-0.1, -0.05) is 30.3 Å². The van der Waals surface area contributed by atoms with E-state index in [1.54, 1.807) is 0 Å². The van der Waals surface area contributed by atoms with Crippen LogP contribution in [0.4, 0.5) is 0 Å². The van der Waals surface area contributed by atoms with E-state index in [2.05, 4.69) is 12.2 Å². The van der Waals surface area contributed by atoms with Gasteiger partial charge in [-0.3, -0.25) is 4.79 Å². The molecule has 17 heavy (non-hydrogen) atoms. The first-order valence-corrected chi connectivity index (χ1v) is 6.22. The van der Waals surface area contributed by atoms with E-state index in [9.17, 15) is 4.79 Å². The number of hydrogen-bond acceptors (Lipinski definition) is 3. The summed E-state index contributed by atoms with van der Waals surface area (Å²) in [5.74, 6) is -0.125. The molecule has 0 aliphatic carbocycles. The van der Waals surface area contributed by atoms with Crippen LogP contribution in [0.5, 0.6) is 0 Å². The van der Waals surface area contributed by atoms with Gasteiger partial charge in [0.1, 0.15) is 12.6 Å². The number of benzene rings is 1. The van der Waals surface area contributed by atoms with Crippen LogP contribution in [-0.4, -0.2) is 18.1 Å². The van der Waals surface area contributed by atoms with Crippen molar-refractivity contribution in [2.75, 3.05) is 0 Å². The number of esters is 1. The van der Waals surface area contributed by atoms with Crippen molar-refractivity contribution >= 4 is 5.97 Å². The fraction of sp³-hybridized carbons (Fsp3) is 0.500. The number of carbonyl (C=O) groups is 1. The molecule has 3 nitrogen and oxygen atoms in total. The topological polar surface area (TPSA) is 38.3 Å². The van der Waals surface area contributed by atoms with Crippen LogP contribution < -0.4 is 5.32 Å². The maximum absolute atomic E-state index is 11.8. The van der Waals surface area contributed by atoms with E-state index < -0.39 is 0 Å². The minimum Gasteiger partial charge on any atom is -0.460 e. The lowest BCUT2D eigenvalue weighted by molar-refractivity contribution is -0.148. The predicted molar refractivity (Wildman–Crippen MR) is 66.5 cm³/mol. The molecular weight excluding hydrogens is 214 g/mol. The summed E-state index contributed by atoms with van der Waals surface area (Å²) < 4.78 is 5.31. The number of rotatable bonds is 3. The van der Waals surface area contributed by atoms with E-state index >= 15 is 0 Å². The summed E-state index contributed by atoms with van der Waals surface area (Å²) >= 11 is 0. The molecule has 0 spiro atoms. The molecule has 2 atom stereocenters. The molecule has 0 saturated carbocycles. The molecule has 1 aliphatic rings. The Hall–Kier alpha value is -1.35. The molecule has 1 N–H and O–H groups in total. The SMILES string of the molecule is C[C@H]1CCC[C@@H](C(=O)OCc2ccccc2)N1. The first-order chi connectivity index (χ1) is 8.25. The smallest absolute Gasteiger partial charge is 0.323 e. The van der Waals surface area contributed by atoms with Gasteiger partial charge in [0, 0.05) is 6.04 Å². The first-order valence-electron chi connectivity index (χ1n) is 6.22. The Morgan fingerprint density at radius 1 is 1.35 bits per heavy atom. The molecule has 0 radical (unpaired) electrons. The lowest BCUT2D eigenvalue weighted by Gasteiger charge is -2.27. The zero-order chi connectivity index (χ0) is 12.1. The minimum atomic E-state index is -0.125. The van der Waals surface area contributed by atoms with Gasteiger partial charge in [0.25, 0.3) is 0 Å². The standard InChI is InChI=1S/C14H19NO2/c1-11-6-5-9-13(15-11)14(16)17-10-12-7-3-2-4-8-12/h2-4,7-8,11,13,15H,5-6,9-10H2,1H3/t11-,13-/m0/s1. The van der Waals surface area contributed by atoms with Gasteiger partial charge in [0.05, 0.1) is 0 Å². The highest BCUT2D eigenvalue weighted by molar-refractivity contribution is 5.75. The van der Waals surface area contributed by atoms with Crippen LogP contribution in [0.2, 0.25) is 0 Å². The van der Waals surface area contributed by atoms with Gasteiger partial charge in [-0.2, -0.15) is 0 Å². The van der Waals surface area contributed by atoms with E-state index in [0.717, 1.165) is 24.8 Å². The highest BCUT2D eigenvalue weighted by atomic mass is 16.5. The van der Waals surface area contributed by atoms with Gasteiger partial charge in [0.2, 0.25) is 0 Å². The highest BCUT2D eigenvalue weighted by Crippen LogP contribution is 2.14. The lowest BCUT2D eigenvalue weighted by Crippen LogP contribution is -2.46. The average molecular weight is 233 g/mol. The Balaban J connectivity index is 1.81. The molecular formula is C14H19NO2. The van der Waals surface area contributed by atoms with Crippen LogP contribution in [-0.2, 0) is 16.1 Å². The van der Waals surface area contributed by atoms with Crippen molar-refractivity contribution in [3.63, 3.8) is 0 Å². The molecule has 0 amide bonds. The van der Waals surface area contributed by atoms with E-state index in [4.69, 9.17) is 4.74 Å². The number of hydrogen-bond donors (Lipinski definition) is 1. The van der Waals surface area contributed by atoms with Gasteiger partial charge in [0.15, 0.2) is 0 Å². The molecule has 1 aromatic carbocycles. The van der Waals surface area contributed by atoms with Crippen LogP contribution in [0.25, 0.3) is 0 Å². The largest absolute Gasteiger partial charge is 0.460 e. The third-order valence-corrected chi connectivity index (χ3v) is 3.12. The van der Waals surface area contributed by atoms with Gasteiger partial charge < -0.3 is 10.1 Å². The predicted octanol–water partition coefficient (Wildman–Crippen LogP) is 2.26. The number of piperidine rings is 1. The van der Waals surface area contributed by atoms with Gasteiger partial charge in [-0.05, 0) is 31.7 Å². The second-order valence-electron chi connectivity index (χ2n) is 4.64. The van der Waals surface area contributed by atoms with Gasteiger partial charge in [-0.25, -0.2) is 0 Å². The van der Waals surface area contributed by atoms with Crippen LogP contribution in [0.15, 0.2) is 30.3 Å².